The summed E-state index contributed by atoms with van der Waals surface area (Å²) in [5, 5.41) is 0. The van der Waals surface area contributed by atoms with Crippen LogP contribution in [0.25, 0.3) is 0 Å². The van der Waals surface area contributed by atoms with Gasteiger partial charge in [0.2, 0.25) is 0 Å². The summed E-state index contributed by atoms with van der Waals surface area (Å²) in [5.41, 5.74) is 2.11. The monoisotopic (exact) mass is 189 g/mol. The van der Waals surface area contributed by atoms with Crippen LogP contribution in [-0.2, 0) is 9.53 Å². The van der Waals surface area contributed by atoms with Gasteiger partial charge >= 0.3 is 5.97 Å². The zero-order valence-corrected chi connectivity index (χ0v) is 7.93. The Morgan fingerprint density at radius 2 is 2.14 bits per heavy atom. The lowest BCUT2D eigenvalue weighted by molar-refractivity contribution is -0.140. The van der Waals surface area contributed by atoms with Gasteiger partial charge in [-0.15, -0.1) is 0 Å². The van der Waals surface area contributed by atoms with Crippen LogP contribution in [0.1, 0.15) is 12.0 Å². The number of ether oxygens (including phenoxy) is 1. The van der Waals surface area contributed by atoms with E-state index in [2.05, 4.69) is 9.73 Å². The molecule has 1 aromatic rings. The first-order valence-corrected chi connectivity index (χ1v) is 4.51. The minimum Gasteiger partial charge on any atom is -0.469 e. The van der Waals surface area contributed by atoms with Crippen molar-refractivity contribution in [1.82, 2.24) is 0 Å². The van der Waals surface area contributed by atoms with Crippen LogP contribution in [0.15, 0.2) is 35.3 Å². The molecule has 0 amide bonds. The van der Waals surface area contributed by atoms with E-state index in [1.807, 2.05) is 30.3 Å². The number of methoxy groups -OCH3 is 1. The Labute approximate surface area is 82.4 Å². The summed E-state index contributed by atoms with van der Waals surface area (Å²) in [4.78, 5) is 15.2. The third kappa shape index (κ3) is 1.82. The lowest BCUT2D eigenvalue weighted by Crippen LogP contribution is -2.08. The number of rotatable bonds is 3. The molecule has 0 bridgehead atoms. The molecule has 72 valence electrons. The van der Waals surface area contributed by atoms with Gasteiger partial charge in [-0.1, -0.05) is 30.3 Å². The number of benzene rings is 1. The van der Waals surface area contributed by atoms with Crippen molar-refractivity contribution in [1.29, 1.82) is 0 Å². The topological polar surface area (TPSA) is 38.7 Å². The summed E-state index contributed by atoms with van der Waals surface area (Å²) in [7, 11) is 1.40. The molecule has 1 aromatic carbocycles. The fourth-order valence-corrected chi connectivity index (χ4v) is 1.39. The largest absolute Gasteiger partial charge is 0.469 e. The van der Waals surface area contributed by atoms with Gasteiger partial charge in [-0.25, -0.2) is 0 Å². The van der Waals surface area contributed by atoms with Gasteiger partial charge in [0.05, 0.1) is 19.2 Å². The first-order chi connectivity index (χ1) is 6.81. The van der Waals surface area contributed by atoms with E-state index in [9.17, 15) is 4.79 Å². The van der Waals surface area contributed by atoms with Crippen molar-refractivity contribution in [2.75, 3.05) is 7.11 Å². The second kappa shape index (κ2) is 3.62. The molecule has 2 rings (SSSR count). The third-order valence-corrected chi connectivity index (χ3v) is 2.20. The zero-order chi connectivity index (χ0) is 9.97. The van der Waals surface area contributed by atoms with Crippen LogP contribution in [0.5, 0.6) is 0 Å². The Balaban J connectivity index is 1.93. The molecule has 0 saturated heterocycles. The molecule has 1 aliphatic rings. The third-order valence-electron chi connectivity index (χ3n) is 2.20. The fourth-order valence-electron chi connectivity index (χ4n) is 1.39. The highest BCUT2D eigenvalue weighted by Crippen LogP contribution is 2.22. The standard InChI is InChI=1S/C11H11NO2/c1-14-10(13)7-9-11(12-9)8-5-3-2-4-6-8/h2-6,9H,7H2,1H3. The molecule has 1 aliphatic heterocycles. The van der Waals surface area contributed by atoms with E-state index in [-0.39, 0.29) is 12.0 Å². The number of hydrogen-bond donors (Lipinski definition) is 0. The molecule has 14 heavy (non-hydrogen) atoms. The van der Waals surface area contributed by atoms with E-state index >= 15 is 0 Å². The Bertz CT molecular complexity index is 370. The van der Waals surface area contributed by atoms with E-state index in [0.717, 1.165) is 11.3 Å². The van der Waals surface area contributed by atoms with Gasteiger partial charge in [0, 0.05) is 0 Å². The first-order valence-electron chi connectivity index (χ1n) is 4.51. The summed E-state index contributed by atoms with van der Waals surface area (Å²) >= 11 is 0. The summed E-state index contributed by atoms with van der Waals surface area (Å²) in [6, 6.07) is 9.93. The van der Waals surface area contributed by atoms with E-state index in [0.29, 0.717) is 6.42 Å². The van der Waals surface area contributed by atoms with Crippen LogP contribution >= 0.6 is 0 Å². The normalized spacial score (nSPS) is 18.6. The zero-order valence-electron chi connectivity index (χ0n) is 7.93. The molecule has 1 unspecified atom stereocenters. The van der Waals surface area contributed by atoms with Gasteiger partial charge < -0.3 is 4.74 Å². The molecular formula is C11H11NO2. The molecule has 0 aromatic heterocycles. The van der Waals surface area contributed by atoms with Crippen molar-refractivity contribution in [3.8, 4) is 0 Å². The van der Waals surface area contributed by atoms with Gasteiger partial charge in [0.1, 0.15) is 6.04 Å². The van der Waals surface area contributed by atoms with Crippen molar-refractivity contribution in [2.24, 2.45) is 4.99 Å². The average molecular weight is 189 g/mol. The summed E-state index contributed by atoms with van der Waals surface area (Å²) < 4.78 is 4.57. The van der Waals surface area contributed by atoms with Gasteiger partial charge in [-0.2, -0.15) is 0 Å². The molecule has 0 aliphatic carbocycles. The molecular weight excluding hydrogens is 178 g/mol. The highest BCUT2D eigenvalue weighted by atomic mass is 16.5. The van der Waals surface area contributed by atoms with Crippen molar-refractivity contribution in [2.45, 2.75) is 12.5 Å². The number of carbonyl (C=O) groups excluding carboxylic acids is 1. The summed E-state index contributed by atoms with van der Waals surface area (Å²) in [6.07, 6.45) is 0.362. The molecule has 1 atom stereocenters. The summed E-state index contributed by atoms with van der Waals surface area (Å²) in [6.45, 7) is 0. The highest BCUT2D eigenvalue weighted by molar-refractivity contribution is 6.14. The van der Waals surface area contributed by atoms with E-state index < -0.39 is 0 Å². The second-order valence-corrected chi connectivity index (χ2v) is 3.18. The van der Waals surface area contributed by atoms with Crippen molar-refractivity contribution >= 4 is 11.7 Å². The van der Waals surface area contributed by atoms with Gasteiger partial charge in [0.15, 0.2) is 0 Å². The predicted octanol–water partition coefficient (Wildman–Crippen LogP) is 1.42. The molecule has 0 radical (unpaired) electrons. The van der Waals surface area contributed by atoms with Crippen LogP contribution < -0.4 is 0 Å². The number of nitrogens with zero attached hydrogens (tertiary/aromatic N) is 1. The lowest BCUT2D eigenvalue weighted by atomic mass is 10.1. The summed E-state index contributed by atoms with van der Waals surface area (Å²) in [5.74, 6) is -0.204. The average Bonchev–Trinajstić information content (AvgIpc) is 2.98. The molecule has 0 spiro atoms. The minimum absolute atomic E-state index is 0.0462. The highest BCUT2D eigenvalue weighted by Gasteiger charge is 2.31. The molecule has 1 heterocycles. The van der Waals surface area contributed by atoms with Crippen LogP contribution in [0.3, 0.4) is 0 Å². The Morgan fingerprint density at radius 1 is 1.43 bits per heavy atom. The molecule has 3 nitrogen and oxygen atoms in total. The minimum atomic E-state index is -0.204. The maximum Gasteiger partial charge on any atom is 0.308 e. The van der Waals surface area contributed by atoms with Crippen LogP contribution in [0, 0.1) is 0 Å². The number of hydrogen-bond acceptors (Lipinski definition) is 3. The van der Waals surface area contributed by atoms with Crippen LogP contribution in [-0.4, -0.2) is 24.8 Å². The van der Waals surface area contributed by atoms with Crippen LogP contribution in [0.2, 0.25) is 0 Å². The SMILES string of the molecule is COC(=O)CC1N=C1c1ccccc1. The fraction of sp³-hybridized carbons (Fsp3) is 0.273. The Morgan fingerprint density at radius 3 is 2.79 bits per heavy atom. The molecule has 0 saturated carbocycles. The predicted molar refractivity (Wildman–Crippen MR) is 53.4 cm³/mol. The quantitative estimate of drug-likeness (QED) is 0.674. The number of carbonyl (C=O) groups is 1. The lowest BCUT2D eigenvalue weighted by Gasteiger charge is -1.96. The second-order valence-electron chi connectivity index (χ2n) is 3.18. The van der Waals surface area contributed by atoms with Gasteiger partial charge in [0.25, 0.3) is 0 Å². The smallest absolute Gasteiger partial charge is 0.308 e. The Kier molecular flexibility index (Phi) is 2.31. The van der Waals surface area contributed by atoms with E-state index in [4.69, 9.17) is 0 Å². The molecule has 0 N–H and O–H groups in total. The Hall–Kier alpha value is -1.64. The van der Waals surface area contributed by atoms with Crippen LogP contribution in [0.4, 0.5) is 0 Å². The maximum atomic E-state index is 10.9. The maximum absolute atomic E-state index is 10.9. The van der Waals surface area contributed by atoms with E-state index in [1.165, 1.54) is 7.11 Å². The molecule has 0 fully saturated rings. The van der Waals surface area contributed by atoms with Gasteiger partial charge in [-0.3, -0.25) is 9.79 Å². The van der Waals surface area contributed by atoms with Crippen molar-refractivity contribution in [3.05, 3.63) is 35.9 Å². The first kappa shape index (κ1) is 8.94. The number of esters is 1. The van der Waals surface area contributed by atoms with Crippen molar-refractivity contribution < 1.29 is 9.53 Å². The number of aliphatic imine (C=N–C) groups is 1. The molecule has 3 heteroatoms. The van der Waals surface area contributed by atoms with E-state index in [1.54, 1.807) is 0 Å². The van der Waals surface area contributed by atoms with Gasteiger partial charge in [-0.05, 0) is 5.56 Å². The van der Waals surface area contributed by atoms with Crippen molar-refractivity contribution in [3.63, 3.8) is 0 Å².